The highest BCUT2D eigenvalue weighted by Gasteiger charge is 2.23. The van der Waals surface area contributed by atoms with Crippen molar-refractivity contribution in [2.45, 2.75) is 6.92 Å². The number of para-hydroxylation sites is 1. The van der Waals surface area contributed by atoms with E-state index in [0.29, 0.717) is 17.9 Å². The van der Waals surface area contributed by atoms with Gasteiger partial charge < -0.3 is 4.74 Å². The number of carbonyl (C=O) groups is 1. The van der Waals surface area contributed by atoms with Gasteiger partial charge in [0.05, 0.1) is 37.8 Å². The van der Waals surface area contributed by atoms with Crippen molar-refractivity contribution in [3.05, 3.63) is 61.5 Å². The zero-order chi connectivity index (χ0) is 15.6. The molecule has 0 atom stereocenters. The summed E-state index contributed by atoms with van der Waals surface area (Å²) in [5.41, 5.74) is 0.474. The van der Waals surface area contributed by atoms with Gasteiger partial charge >= 0.3 is 0 Å². The maximum atomic E-state index is 12.7. The number of ketones is 1. The molecule has 0 radical (unpaired) electrons. The fourth-order valence-corrected chi connectivity index (χ4v) is 2.93. The Labute approximate surface area is 142 Å². The Morgan fingerprint density at radius 3 is 2.38 bits per heavy atom. The Balaban J connectivity index is 2.59. The van der Waals surface area contributed by atoms with E-state index >= 15 is 0 Å². The van der Waals surface area contributed by atoms with E-state index in [1.54, 1.807) is 24.3 Å². The lowest BCUT2D eigenvalue weighted by atomic mass is 10.0. The smallest absolute Gasteiger partial charge is 0.199 e. The zero-order valence-electron chi connectivity index (χ0n) is 10.9. The first kappa shape index (κ1) is 16.4. The van der Waals surface area contributed by atoms with Gasteiger partial charge in [-0.15, -0.1) is 0 Å². The third-order valence-electron chi connectivity index (χ3n) is 2.77. The Hall–Kier alpha value is -0.930. The number of hydrogen-bond donors (Lipinski definition) is 0. The molecule has 0 saturated heterocycles. The molecular formula is C15H10Cl4O2. The molecule has 0 amide bonds. The molecule has 0 aliphatic rings. The average Bonchev–Trinajstić information content (AvgIpc) is 2.45. The van der Waals surface area contributed by atoms with E-state index in [9.17, 15) is 4.79 Å². The highest BCUT2D eigenvalue weighted by molar-refractivity contribution is 6.51. The second-order valence-corrected chi connectivity index (χ2v) is 5.67. The monoisotopic (exact) mass is 362 g/mol. The van der Waals surface area contributed by atoms with Crippen molar-refractivity contribution in [1.29, 1.82) is 0 Å². The highest BCUT2D eigenvalue weighted by atomic mass is 35.5. The van der Waals surface area contributed by atoms with Crippen LogP contribution in [0, 0.1) is 0 Å². The lowest BCUT2D eigenvalue weighted by molar-refractivity contribution is 0.103. The van der Waals surface area contributed by atoms with Gasteiger partial charge in [-0.05, 0) is 25.1 Å². The number of rotatable bonds is 4. The van der Waals surface area contributed by atoms with Gasteiger partial charge in [0.2, 0.25) is 0 Å². The van der Waals surface area contributed by atoms with E-state index in [1.807, 2.05) is 6.92 Å². The summed E-state index contributed by atoms with van der Waals surface area (Å²) in [5.74, 6) is 0.0934. The van der Waals surface area contributed by atoms with E-state index < -0.39 is 0 Å². The van der Waals surface area contributed by atoms with Gasteiger partial charge in [-0.3, -0.25) is 4.79 Å². The molecule has 0 aliphatic heterocycles. The van der Waals surface area contributed by atoms with Crippen LogP contribution in [0.3, 0.4) is 0 Å². The van der Waals surface area contributed by atoms with Gasteiger partial charge in [0.15, 0.2) is 5.78 Å². The fourth-order valence-electron chi connectivity index (χ4n) is 1.84. The van der Waals surface area contributed by atoms with Crippen molar-refractivity contribution in [2.24, 2.45) is 0 Å². The van der Waals surface area contributed by atoms with Gasteiger partial charge in [-0.1, -0.05) is 58.5 Å². The first-order valence-electron chi connectivity index (χ1n) is 6.06. The summed E-state index contributed by atoms with van der Waals surface area (Å²) in [5, 5.41) is 0.470. The van der Waals surface area contributed by atoms with E-state index in [0.717, 1.165) is 0 Å². The largest absolute Gasteiger partial charge is 0.493 e. The van der Waals surface area contributed by atoms with Crippen LogP contribution >= 0.6 is 46.4 Å². The summed E-state index contributed by atoms with van der Waals surface area (Å²) in [6.45, 7) is 2.27. The van der Waals surface area contributed by atoms with E-state index in [-0.39, 0.29) is 31.4 Å². The molecule has 0 aromatic heterocycles. The quantitative estimate of drug-likeness (QED) is 0.382. The Bertz CT molecular complexity index is 698. The minimum Gasteiger partial charge on any atom is -0.493 e. The van der Waals surface area contributed by atoms with Crippen molar-refractivity contribution in [1.82, 2.24) is 0 Å². The molecular weight excluding hydrogens is 354 g/mol. The third kappa shape index (κ3) is 3.29. The SMILES string of the molecule is CCOc1ccccc1C(=O)c1c(Cl)cc(Cl)c(Cl)c1Cl. The van der Waals surface area contributed by atoms with Crippen molar-refractivity contribution in [3.8, 4) is 5.75 Å². The number of carbonyl (C=O) groups excluding carboxylic acids is 1. The summed E-state index contributed by atoms with van der Waals surface area (Å²) in [7, 11) is 0. The highest BCUT2D eigenvalue weighted by Crippen LogP contribution is 2.39. The molecule has 2 rings (SSSR count). The van der Waals surface area contributed by atoms with Gasteiger partial charge in [0.25, 0.3) is 0 Å². The molecule has 0 spiro atoms. The van der Waals surface area contributed by atoms with Gasteiger partial charge in [0, 0.05) is 0 Å². The van der Waals surface area contributed by atoms with Crippen LogP contribution in [0.2, 0.25) is 20.1 Å². The maximum absolute atomic E-state index is 12.7. The molecule has 0 N–H and O–H groups in total. The molecule has 0 heterocycles. The third-order valence-corrected chi connectivity index (χ3v) is 4.33. The molecule has 2 aromatic rings. The van der Waals surface area contributed by atoms with E-state index in [4.69, 9.17) is 51.1 Å². The van der Waals surface area contributed by atoms with E-state index in [1.165, 1.54) is 6.07 Å². The van der Waals surface area contributed by atoms with Crippen molar-refractivity contribution in [3.63, 3.8) is 0 Å². The van der Waals surface area contributed by atoms with Gasteiger partial charge in [0.1, 0.15) is 5.75 Å². The minimum absolute atomic E-state index is 0.0328. The summed E-state index contributed by atoms with van der Waals surface area (Å²) >= 11 is 24.1. The summed E-state index contributed by atoms with van der Waals surface area (Å²) in [4.78, 5) is 12.7. The summed E-state index contributed by atoms with van der Waals surface area (Å²) in [6, 6.07) is 8.25. The predicted octanol–water partition coefficient (Wildman–Crippen LogP) is 5.93. The molecule has 0 fully saturated rings. The molecule has 2 aromatic carbocycles. The van der Waals surface area contributed by atoms with Crippen LogP contribution in [-0.2, 0) is 0 Å². The predicted molar refractivity (Wildman–Crippen MR) is 87.5 cm³/mol. The van der Waals surface area contributed by atoms with Gasteiger partial charge in [-0.2, -0.15) is 0 Å². The topological polar surface area (TPSA) is 26.3 Å². The fraction of sp³-hybridized carbons (Fsp3) is 0.133. The molecule has 2 nitrogen and oxygen atoms in total. The lowest BCUT2D eigenvalue weighted by Gasteiger charge is -2.12. The molecule has 110 valence electrons. The Morgan fingerprint density at radius 1 is 1.05 bits per heavy atom. The van der Waals surface area contributed by atoms with Crippen LogP contribution < -0.4 is 4.74 Å². The standard InChI is InChI=1S/C15H10Cl4O2/c1-2-21-11-6-4-3-5-8(11)15(20)12-9(16)7-10(17)13(18)14(12)19/h3-7H,2H2,1H3. The van der Waals surface area contributed by atoms with Crippen molar-refractivity contribution < 1.29 is 9.53 Å². The van der Waals surface area contributed by atoms with E-state index in [2.05, 4.69) is 0 Å². The van der Waals surface area contributed by atoms with Crippen LogP contribution in [0.15, 0.2) is 30.3 Å². The summed E-state index contributed by atoms with van der Waals surface area (Å²) in [6.07, 6.45) is 0. The second-order valence-electron chi connectivity index (χ2n) is 4.10. The first-order valence-corrected chi connectivity index (χ1v) is 7.58. The molecule has 0 unspecified atom stereocenters. The molecule has 21 heavy (non-hydrogen) atoms. The van der Waals surface area contributed by atoms with Crippen LogP contribution in [0.1, 0.15) is 22.8 Å². The number of ether oxygens (including phenoxy) is 1. The van der Waals surface area contributed by atoms with Crippen LogP contribution in [0.4, 0.5) is 0 Å². The van der Waals surface area contributed by atoms with Crippen molar-refractivity contribution in [2.75, 3.05) is 6.61 Å². The molecule has 6 heteroatoms. The normalized spacial score (nSPS) is 10.5. The lowest BCUT2D eigenvalue weighted by Crippen LogP contribution is -2.07. The number of benzene rings is 2. The first-order chi connectivity index (χ1) is 9.97. The second kappa shape index (κ2) is 6.89. The molecule has 0 aliphatic carbocycles. The van der Waals surface area contributed by atoms with Crippen LogP contribution in [0.5, 0.6) is 5.75 Å². The Kier molecular flexibility index (Phi) is 5.39. The average molecular weight is 364 g/mol. The maximum Gasteiger partial charge on any atom is 0.199 e. The number of halogens is 4. The molecule has 0 saturated carbocycles. The zero-order valence-corrected chi connectivity index (χ0v) is 13.9. The molecule has 0 bridgehead atoms. The van der Waals surface area contributed by atoms with Gasteiger partial charge in [-0.25, -0.2) is 0 Å². The summed E-state index contributed by atoms with van der Waals surface area (Å²) < 4.78 is 5.45. The number of hydrogen-bond acceptors (Lipinski definition) is 2. The minimum atomic E-state index is -0.368. The Morgan fingerprint density at radius 2 is 1.71 bits per heavy atom. The van der Waals surface area contributed by atoms with Crippen LogP contribution in [-0.4, -0.2) is 12.4 Å². The van der Waals surface area contributed by atoms with Crippen LogP contribution in [0.25, 0.3) is 0 Å². The van der Waals surface area contributed by atoms with Crippen molar-refractivity contribution >= 4 is 52.2 Å².